The Morgan fingerprint density at radius 3 is 2.48 bits per heavy atom. The molecule has 172 valence electrons. The van der Waals surface area contributed by atoms with Gasteiger partial charge in [0.2, 0.25) is 10.0 Å². The number of rotatable bonds is 12. The molecule has 7 heteroatoms. The number of β-amino-alcohol motifs (C(OH)–C–C–N with tert-alkyl or cyclic N) is 1. The highest BCUT2D eigenvalue weighted by molar-refractivity contribution is 9.10. The highest BCUT2D eigenvalue weighted by Crippen LogP contribution is 2.24. The minimum absolute atomic E-state index is 0.0364. The standard InChI is InChI=1S/C24H35BrN2O3S/c1-5-20-16-21(25)13-14-23(20)31(29,30)27(4)18-22(28)17-26-24(2,3)15-9-12-19-10-7-6-8-11-19/h6-8,10-11,13-14,16,22,26,28H,5,9,12,15,17-18H2,1-4H3. The van der Waals surface area contributed by atoms with Gasteiger partial charge in [0, 0.05) is 30.1 Å². The molecule has 31 heavy (non-hydrogen) atoms. The Kier molecular flexibility index (Phi) is 9.70. The van der Waals surface area contributed by atoms with Gasteiger partial charge in [-0.05, 0) is 68.9 Å². The van der Waals surface area contributed by atoms with E-state index in [1.165, 1.54) is 16.9 Å². The van der Waals surface area contributed by atoms with E-state index in [0.717, 1.165) is 29.3 Å². The van der Waals surface area contributed by atoms with Gasteiger partial charge in [-0.3, -0.25) is 0 Å². The summed E-state index contributed by atoms with van der Waals surface area (Å²) in [5.41, 5.74) is 1.94. The minimum atomic E-state index is -3.67. The van der Waals surface area contributed by atoms with E-state index in [9.17, 15) is 13.5 Å². The van der Waals surface area contributed by atoms with Crippen LogP contribution in [0.4, 0.5) is 0 Å². The summed E-state index contributed by atoms with van der Waals surface area (Å²) in [5, 5.41) is 13.9. The summed E-state index contributed by atoms with van der Waals surface area (Å²) in [6, 6.07) is 15.6. The molecule has 2 aromatic carbocycles. The minimum Gasteiger partial charge on any atom is -0.390 e. The van der Waals surface area contributed by atoms with Crippen LogP contribution in [0, 0.1) is 0 Å². The first kappa shape index (κ1) is 26.0. The largest absolute Gasteiger partial charge is 0.390 e. The lowest BCUT2D eigenvalue weighted by atomic mass is 9.95. The quantitative estimate of drug-likeness (QED) is 0.444. The number of hydrogen-bond acceptors (Lipinski definition) is 4. The van der Waals surface area contributed by atoms with Crippen LogP contribution in [0.5, 0.6) is 0 Å². The lowest BCUT2D eigenvalue weighted by Crippen LogP contribution is -2.46. The van der Waals surface area contributed by atoms with Crippen molar-refractivity contribution in [2.45, 2.75) is 63.0 Å². The number of likely N-dealkylation sites (N-methyl/N-ethyl adjacent to an activating group) is 1. The topological polar surface area (TPSA) is 69.6 Å². The molecule has 0 saturated heterocycles. The fourth-order valence-electron chi connectivity index (χ4n) is 3.56. The van der Waals surface area contributed by atoms with Gasteiger partial charge in [-0.1, -0.05) is 53.2 Å². The van der Waals surface area contributed by atoms with E-state index in [1.54, 1.807) is 12.1 Å². The van der Waals surface area contributed by atoms with E-state index < -0.39 is 16.1 Å². The maximum Gasteiger partial charge on any atom is 0.243 e. The lowest BCUT2D eigenvalue weighted by Gasteiger charge is -2.29. The van der Waals surface area contributed by atoms with E-state index in [0.29, 0.717) is 17.9 Å². The molecule has 1 unspecified atom stereocenters. The summed E-state index contributed by atoms with van der Waals surface area (Å²) in [5.74, 6) is 0. The molecule has 0 heterocycles. The average Bonchev–Trinajstić information content (AvgIpc) is 2.72. The van der Waals surface area contributed by atoms with Gasteiger partial charge in [0.1, 0.15) is 0 Å². The van der Waals surface area contributed by atoms with Crippen molar-refractivity contribution in [2.75, 3.05) is 20.1 Å². The van der Waals surface area contributed by atoms with Crippen molar-refractivity contribution in [1.29, 1.82) is 0 Å². The number of sulfonamides is 1. The van der Waals surface area contributed by atoms with Crippen LogP contribution in [0.2, 0.25) is 0 Å². The summed E-state index contributed by atoms with van der Waals surface area (Å²) in [4.78, 5) is 0.294. The summed E-state index contributed by atoms with van der Waals surface area (Å²) < 4.78 is 28.1. The van der Waals surface area contributed by atoms with Gasteiger partial charge in [-0.25, -0.2) is 8.42 Å². The first-order chi connectivity index (χ1) is 14.5. The molecule has 0 aliphatic rings. The Labute approximate surface area is 196 Å². The summed E-state index contributed by atoms with van der Waals surface area (Å²) in [6.45, 7) is 6.52. The number of aliphatic hydroxyl groups excluding tert-OH is 1. The Hall–Kier alpha value is -1.25. The van der Waals surface area contributed by atoms with E-state index in [1.807, 2.05) is 19.1 Å². The Morgan fingerprint density at radius 2 is 1.84 bits per heavy atom. The Morgan fingerprint density at radius 1 is 1.16 bits per heavy atom. The highest BCUT2D eigenvalue weighted by atomic mass is 79.9. The Balaban J connectivity index is 1.87. The summed E-state index contributed by atoms with van der Waals surface area (Å²) >= 11 is 3.39. The van der Waals surface area contributed by atoms with Gasteiger partial charge in [0.25, 0.3) is 0 Å². The van der Waals surface area contributed by atoms with Crippen molar-refractivity contribution in [3.05, 3.63) is 64.1 Å². The maximum absolute atomic E-state index is 13.0. The normalized spacial score (nSPS) is 13.5. The molecular weight excluding hydrogens is 476 g/mol. The van der Waals surface area contributed by atoms with E-state index in [-0.39, 0.29) is 12.1 Å². The smallest absolute Gasteiger partial charge is 0.243 e. The molecule has 2 aromatic rings. The zero-order chi connectivity index (χ0) is 23.1. The SMILES string of the molecule is CCc1cc(Br)ccc1S(=O)(=O)N(C)CC(O)CNC(C)(C)CCCc1ccccc1. The molecule has 0 aliphatic heterocycles. The van der Waals surface area contributed by atoms with Gasteiger partial charge in [0.15, 0.2) is 0 Å². The van der Waals surface area contributed by atoms with Crippen LogP contribution in [0.3, 0.4) is 0 Å². The maximum atomic E-state index is 13.0. The molecule has 0 amide bonds. The molecule has 0 bridgehead atoms. The molecule has 1 atom stereocenters. The third kappa shape index (κ3) is 7.99. The fraction of sp³-hybridized carbons (Fsp3) is 0.500. The molecular formula is C24H35BrN2O3S. The number of aliphatic hydroxyl groups is 1. The fourth-order valence-corrected chi connectivity index (χ4v) is 5.45. The van der Waals surface area contributed by atoms with Crippen LogP contribution in [0.15, 0.2) is 57.9 Å². The summed E-state index contributed by atoms with van der Waals surface area (Å²) in [7, 11) is -2.15. The van der Waals surface area contributed by atoms with E-state index in [4.69, 9.17) is 0 Å². The van der Waals surface area contributed by atoms with Crippen LogP contribution in [0.25, 0.3) is 0 Å². The second kappa shape index (κ2) is 11.6. The molecule has 5 nitrogen and oxygen atoms in total. The van der Waals surface area contributed by atoms with Gasteiger partial charge in [-0.2, -0.15) is 4.31 Å². The Bertz CT molecular complexity index is 933. The molecule has 2 N–H and O–H groups in total. The molecule has 0 aromatic heterocycles. The van der Waals surface area contributed by atoms with Crippen molar-refractivity contribution in [3.8, 4) is 0 Å². The third-order valence-corrected chi connectivity index (χ3v) is 7.90. The molecule has 0 radical (unpaired) electrons. The predicted molar refractivity (Wildman–Crippen MR) is 131 cm³/mol. The van der Waals surface area contributed by atoms with Crippen molar-refractivity contribution in [1.82, 2.24) is 9.62 Å². The lowest BCUT2D eigenvalue weighted by molar-refractivity contribution is 0.138. The monoisotopic (exact) mass is 510 g/mol. The molecule has 0 saturated carbocycles. The van der Waals surface area contributed by atoms with Gasteiger partial charge in [-0.15, -0.1) is 0 Å². The molecule has 0 fully saturated rings. The summed E-state index contributed by atoms with van der Waals surface area (Å²) in [6.07, 6.45) is 2.83. The number of halogens is 1. The third-order valence-electron chi connectivity index (χ3n) is 5.49. The van der Waals surface area contributed by atoms with Crippen LogP contribution in [-0.4, -0.2) is 49.6 Å². The molecule has 2 rings (SSSR count). The van der Waals surface area contributed by atoms with Crippen LogP contribution < -0.4 is 5.32 Å². The van der Waals surface area contributed by atoms with Crippen LogP contribution >= 0.6 is 15.9 Å². The number of hydrogen-bond donors (Lipinski definition) is 2. The number of nitrogens with one attached hydrogen (secondary N) is 1. The number of nitrogens with zero attached hydrogens (tertiary/aromatic N) is 1. The van der Waals surface area contributed by atoms with Gasteiger partial charge in [0.05, 0.1) is 11.0 Å². The number of benzene rings is 2. The van der Waals surface area contributed by atoms with Gasteiger partial charge < -0.3 is 10.4 Å². The predicted octanol–water partition coefficient (Wildman–Crippen LogP) is 4.38. The second-order valence-electron chi connectivity index (χ2n) is 8.65. The first-order valence-corrected chi connectivity index (χ1v) is 13.0. The molecule has 0 spiro atoms. The highest BCUT2D eigenvalue weighted by Gasteiger charge is 2.26. The van der Waals surface area contributed by atoms with E-state index >= 15 is 0 Å². The number of aryl methyl sites for hydroxylation is 2. The van der Waals surface area contributed by atoms with Crippen molar-refractivity contribution in [2.24, 2.45) is 0 Å². The van der Waals surface area contributed by atoms with Crippen LogP contribution in [-0.2, 0) is 22.9 Å². The van der Waals surface area contributed by atoms with Gasteiger partial charge >= 0.3 is 0 Å². The van der Waals surface area contributed by atoms with Crippen molar-refractivity contribution < 1.29 is 13.5 Å². The second-order valence-corrected chi connectivity index (χ2v) is 11.6. The van der Waals surface area contributed by atoms with Crippen molar-refractivity contribution in [3.63, 3.8) is 0 Å². The van der Waals surface area contributed by atoms with E-state index in [2.05, 4.69) is 59.4 Å². The first-order valence-electron chi connectivity index (χ1n) is 10.8. The van der Waals surface area contributed by atoms with Crippen LogP contribution in [0.1, 0.15) is 44.7 Å². The molecule has 0 aliphatic carbocycles. The zero-order valence-corrected chi connectivity index (χ0v) is 21.3. The zero-order valence-electron chi connectivity index (χ0n) is 18.9. The average molecular weight is 512 g/mol. The van der Waals surface area contributed by atoms with Crippen molar-refractivity contribution >= 4 is 26.0 Å².